The molecule has 0 atom stereocenters. The molecule has 1 N–H and O–H groups in total. The van der Waals surface area contributed by atoms with Gasteiger partial charge in [-0.15, -0.1) is 10.2 Å². The van der Waals surface area contributed by atoms with Crippen molar-refractivity contribution in [2.75, 3.05) is 18.4 Å². The Morgan fingerprint density at radius 2 is 1.76 bits per heavy atom. The molecule has 1 aromatic heterocycles. The molecule has 2 amide bonds. The zero-order chi connectivity index (χ0) is 23.4. The van der Waals surface area contributed by atoms with E-state index in [-0.39, 0.29) is 35.7 Å². The number of anilines is 1. The second-order valence-corrected chi connectivity index (χ2v) is 7.73. The Morgan fingerprint density at radius 3 is 2.45 bits per heavy atom. The number of rotatable bonds is 5. The van der Waals surface area contributed by atoms with Gasteiger partial charge in [0.2, 0.25) is 17.6 Å². The van der Waals surface area contributed by atoms with Crippen LogP contribution in [0.2, 0.25) is 0 Å². The fourth-order valence-corrected chi connectivity index (χ4v) is 3.64. The van der Waals surface area contributed by atoms with Crippen molar-refractivity contribution < 1.29 is 22.8 Å². The summed E-state index contributed by atoms with van der Waals surface area (Å²) in [5.41, 5.74) is 0.0789. The number of aromatic nitrogens is 4. The van der Waals surface area contributed by atoms with Gasteiger partial charge in [0, 0.05) is 30.3 Å². The van der Waals surface area contributed by atoms with Crippen molar-refractivity contribution in [1.82, 2.24) is 25.1 Å². The molecule has 4 rings (SSSR count). The molecule has 8 nitrogen and oxygen atoms in total. The summed E-state index contributed by atoms with van der Waals surface area (Å²) in [6, 6.07) is 13.8. The van der Waals surface area contributed by atoms with Gasteiger partial charge in [-0.25, -0.2) is 0 Å². The predicted octanol–water partition coefficient (Wildman–Crippen LogP) is 3.24. The van der Waals surface area contributed by atoms with Gasteiger partial charge in [0.25, 0.3) is 0 Å². The number of alkyl halides is 3. The lowest BCUT2D eigenvalue weighted by Crippen LogP contribution is -2.43. The number of para-hydroxylation sites is 1. The minimum Gasteiger partial charge on any atom is -0.341 e. The van der Waals surface area contributed by atoms with Crippen LogP contribution in [-0.2, 0) is 22.3 Å². The van der Waals surface area contributed by atoms with Gasteiger partial charge in [-0.1, -0.05) is 30.3 Å². The number of likely N-dealkylation sites (tertiary alicyclic amines) is 1. The summed E-state index contributed by atoms with van der Waals surface area (Å²) < 4.78 is 38.7. The molecule has 0 radical (unpaired) electrons. The topological polar surface area (TPSA) is 93.0 Å². The molecular weight excluding hydrogens is 437 g/mol. The number of nitrogens with one attached hydrogen (secondary N) is 1. The van der Waals surface area contributed by atoms with E-state index in [0.29, 0.717) is 25.9 Å². The first-order valence-electron chi connectivity index (χ1n) is 10.4. The summed E-state index contributed by atoms with van der Waals surface area (Å²) in [6.45, 7) is 0.647. The first kappa shape index (κ1) is 22.4. The molecule has 1 fully saturated rings. The van der Waals surface area contributed by atoms with Crippen LogP contribution in [0.3, 0.4) is 0 Å². The highest BCUT2D eigenvalue weighted by molar-refractivity contribution is 5.92. The fourth-order valence-electron chi connectivity index (χ4n) is 3.64. The highest BCUT2D eigenvalue weighted by Crippen LogP contribution is 2.31. The summed E-state index contributed by atoms with van der Waals surface area (Å²) in [5.74, 6) is -0.502. The van der Waals surface area contributed by atoms with Crippen LogP contribution in [0.1, 0.15) is 18.4 Å². The standard InChI is InChI=1S/C22H21F3N6O2/c23-22(24,25)17-6-4-5-16(13-17)20-27-29-31(28-20)14-19(32)30-11-9-15(10-12-30)21(33)26-18-7-2-1-3-8-18/h1-8,13,15H,9-12,14H2,(H,26,33). The maximum Gasteiger partial charge on any atom is 0.416 e. The third-order valence-corrected chi connectivity index (χ3v) is 5.44. The second kappa shape index (κ2) is 9.39. The van der Waals surface area contributed by atoms with Crippen molar-refractivity contribution in [2.24, 2.45) is 5.92 Å². The summed E-state index contributed by atoms with van der Waals surface area (Å²) >= 11 is 0. The van der Waals surface area contributed by atoms with Crippen molar-refractivity contribution in [3.8, 4) is 11.4 Å². The first-order chi connectivity index (χ1) is 15.8. The Labute approximate surface area is 187 Å². The molecule has 2 heterocycles. The maximum absolute atomic E-state index is 12.9. The normalized spacial score (nSPS) is 14.8. The third-order valence-electron chi connectivity index (χ3n) is 5.44. The quantitative estimate of drug-likeness (QED) is 0.634. The maximum atomic E-state index is 12.9. The molecule has 0 saturated carbocycles. The number of carbonyl (C=O) groups excluding carboxylic acids is 2. The van der Waals surface area contributed by atoms with Crippen molar-refractivity contribution >= 4 is 17.5 Å². The first-order valence-corrected chi connectivity index (χ1v) is 10.4. The third kappa shape index (κ3) is 5.54. The van der Waals surface area contributed by atoms with Crippen molar-refractivity contribution in [2.45, 2.75) is 25.6 Å². The zero-order valence-corrected chi connectivity index (χ0v) is 17.5. The smallest absolute Gasteiger partial charge is 0.341 e. The summed E-state index contributed by atoms with van der Waals surface area (Å²) in [5, 5.41) is 14.5. The average molecular weight is 458 g/mol. The fraction of sp³-hybridized carbons (Fsp3) is 0.318. The van der Waals surface area contributed by atoms with Gasteiger partial charge < -0.3 is 10.2 Å². The molecular formula is C22H21F3N6O2. The van der Waals surface area contributed by atoms with Crippen molar-refractivity contribution in [3.05, 3.63) is 60.2 Å². The van der Waals surface area contributed by atoms with Gasteiger partial charge in [-0.05, 0) is 42.3 Å². The van der Waals surface area contributed by atoms with E-state index < -0.39 is 11.7 Å². The minimum absolute atomic E-state index is 0.00481. The summed E-state index contributed by atoms with van der Waals surface area (Å²) in [7, 11) is 0. The molecule has 1 aliphatic rings. The van der Waals surface area contributed by atoms with Crippen LogP contribution in [0.25, 0.3) is 11.4 Å². The van der Waals surface area contributed by atoms with Crippen LogP contribution in [-0.4, -0.2) is 50.0 Å². The Kier molecular flexibility index (Phi) is 6.38. The molecule has 3 aromatic rings. The summed E-state index contributed by atoms with van der Waals surface area (Å²) in [6.07, 6.45) is -3.42. The molecule has 1 aliphatic heterocycles. The molecule has 172 valence electrons. The van der Waals surface area contributed by atoms with Crippen LogP contribution in [0.4, 0.5) is 18.9 Å². The van der Waals surface area contributed by atoms with E-state index in [0.717, 1.165) is 22.6 Å². The number of halogens is 3. The number of hydrogen-bond donors (Lipinski definition) is 1. The molecule has 11 heteroatoms. The Bertz CT molecular complexity index is 1120. The van der Waals surface area contributed by atoms with Gasteiger partial charge in [0.1, 0.15) is 6.54 Å². The molecule has 1 saturated heterocycles. The average Bonchev–Trinajstić information content (AvgIpc) is 3.28. The number of benzene rings is 2. The van der Waals surface area contributed by atoms with E-state index in [1.54, 1.807) is 4.90 Å². The lowest BCUT2D eigenvalue weighted by atomic mass is 9.95. The van der Waals surface area contributed by atoms with E-state index in [2.05, 4.69) is 20.7 Å². The predicted molar refractivity (Wildman–Crippen MR) is 113 cm³/mol. The highest BCUT2D eigenvalue weighted by Gasteiger charge is 2.31. The largest absolute Gasteiger partial charge is 0.416 e. The summed E-state index contributed by atoms with van der Waals surface area (Å²) in [4.78, 5) is 27.7. The highest BCUT2D eigenvalue weighted by atomic mass is 19.4. The monoisotopic (exact) mass is 458 g/mol. The molecule has 0 spiro atoms. The Hall–Kier alpha value is -3.76. The van der Waals surface area contributed by atoms with Gasteiger partial charge in [-0.3, -0.25) is 9.59 Å². The van der Waals surface area contributed by atoms with Crippen LogP contribution in [0.5, 0.6) is 0 Å². The molecule has 33 heavy (non-hydrogen) atoms. The van der Waals surface area contributed by atoms with Crippen molar-refractivity contribution in [3.63, 3.8) is 0 Å². The van der Waals surface area contributed by atoms with Crippen LogP contribution in [0.15, 0.2) is 54.6 Å². The number of carbonyl (C=O) groups is 2. The van der Waals surface area contributed by atoms with Crippen LogP contribution < -0.4 is 5.32 Å². The van der Waals surface area contributed by atoms with Crippen molar-refractivity contribution in [1.29, 1.82) is 0 Å². The molecule has 2 aromatic carbocycles. The second-order valence-electron chi connectivity index (χ2n) is 7.73. The minimum atomic E-state index is -4.48. The Balaban J connectivity index is 1.31. The number of hydrogen-bond acceptors (Lipinski definition) is 5. The van der Waals surface area contributed by atoms with Crippen LogP contribution >= 0.6 is 0 Å². The molecule has 0 unspecified atom stereocenters. The molecule has 0 aliphatic carbocycles. The molecule has 0 bridgehead atoms. The number of amides is 2. The van der Waals surface area contributed by atoms with Gasteiger partial charge >= 0.3 is 6.18 Å². The van der Waals surface area contributed by atoms with E-state index in [1.165, 1.54) is 12.1 Å². The van der Waals surface area contributed by atoms with Gasteiger partial charge in [-0.2, -0.15) is 18.0 Å². The van der Waals surface area contributed by atoms with E-state index in [9.17, 15) is 22.8 Å². The number of nitrogens with zero attached hydrogens (tertiary/aromatic N) is 5. The van der Waals surface area contributed by atoms with E-state index in [4.69, 9.17) is 0 Å². The zero-order valence-electron chi connectivity index (χ0n) is 17.5. The van der Waals surface area contributed by atoms with E-state index in [1.807, 2.05) is 30.3 Å². The lowest BCUT2D eigenvalue weighted by molar-refractivity contribution is -0.137. The number of piperidine rings is 1. The number of tetrazole rings is 1. The lowest BCUT2D eigenvalue weighted by Gasteiger charge is -2.31. The Morgan fingerprint density at radius 1 is 1.03 bits per heavy atom. The van der Waals surface area contributed by atoms with Gasteiger partial charge in [0.15, 0.2) is 0 Å². The van der Waals surface area contributed by atoms with Crippen LogP contribution in [0, 0.1) is 5.92 Å². The van der Waals surface area contributed by atoms with E-state index >= 15 is 0 Å². The van der Waals surface area contributed by atoms with Gasteiger partial charge in [0.05, 0.1) is 5.56 Å². The SMILES string of the molecule is O=C(Nc1ccccc1)C1CCN(C(=O)Cn2nnc(-c3cccc(C(F)(F)F)c3)n2)CC1.